The molecule has 23 heavy (non-hydrogen) atoms. The molecule has 0 aliphatic carbocycles. The Labute approximate surface area is 140 Å². The highest BCUT2D eigenvalue weighted by Gasteiger charge is 2.17. The van der Waals surface area contributed by atoms with Crippen molar-refractivity contribution in [3.8, 4) is 0 Å². The van der Waals surface area contributed by atoms with Crippen molar-refractivity contribution in [3.05, 3.63) is 59.4 Å². The molecular formula is C16H16ClN3O2S. The van der Waals surface area contributed by atoms with Gasteiger partial charge < -0.3 is 4.57 Å². The van der Waals surface area contributed by atoms with Gasteiger partial charge in [0.25, 0.3) is 0 Å². The van der Waals surface area contributed by atoms with Crippen LogP contribution >= 0.6 is 11.6 Å². The van der Waals surface area contributed by atoms with Crippen LogP contribution in [0.25, 0.3) is 11.0 Å². The van der Waals surface area contributed by atoms with Crippen molar-refractivity contribution >= 4 is 32.7 Å². The van der Waals surface area contributed by atoms with E-state index >= 15 is 0 Å². The monoisotopic (exact) mass is 349 g/mol. The first kappa shape index (κ1) is 16.0. The van der Waals surface area contributed by atoms with Gasteiger partial charge in [0.05, 0.1) is 16.1 Å². The minimum absolute atomic E-state index is 0.0895. The molecule has 1 heterocycles. The number of imidazole rings is 1. The normalized spacial score (nSPS) is 11.9. The minimum Gasteiger partial charge on any atom is -0.331 e. The Morgan fingerprint density at radius 1 is 1.13 bits per heavy atom. The van der Waals surface area contributed by atoms with Gasteiger partial charge in [-0.2, -0.15) is 0 Å². The van der Waals surface area contributed by atoms with E-state index in [4.69, 9.17) is 11.6 Å². The lowest BCUT2D eigenvalue weighted by Crippen LogP contribution is -2.26. The fourth-order valence-electron chi connectivity index (χ4n) is 2.46. The van der Waals surface area contributed by atoms with E-state index in [1.54, 1.807) is 18.2 Å². The van der Waals surface area contributed by atoms with Crippen LogP contribution in [0.15, 0.2) is 53.4 Å². The summed E-state index contributed by atoms with van der Waals surface area (Å²) in [5, 5.41) is 0.211. The van der Waals surface area contributed by atoms with Gasteiger partial charge in [-0.05, 0) is 24.3 Å². The maximum atomic E-state index is 12.3. The van der Waals surface area contributed by atoms with Gasteiger partial charge in [-0.25, -0.2) is 18.1 Å². The third kappa shape index (κ3) is 3.24. The Morgan fingerprint density at radius 3 is 2.57 bits per heavy atom. The number of hydrogen-bond donors (Lipinski definition) is 1. The number of benzene rings is 2. The summed E-state index contributed by atoms with van der Waals surface area (Å²) in [6, 6.07) is 14.2. The molecule has 1 aromatic heterocycles. The van der Waals surface area contributed by atoms with Crippen molar-refractivity contribution in [2.45, 2.75) is 11.3 Å². The number of nitrogens with zero attached hydrogens (tertiary/aromatic N) is 2. The molecule has 3 aromatic rings. The fraction of sp³-hybridized carbons (Fsp3) is 0.188. The van der Waals surface area contributed by atoms with Crippen LogP contribution in [0.3, 0.4) is 0 Å². The van der Waals surface area contributed by atoms with Crippen molar-refractivity contribution in [2.24, 2.45) is 7.05 Å². The summed E-state index contributed by atoms with van der Waals surface area (Å²) in [5.41, 5.74) is 1.93. The third-order valence-electron chi connectivity index (χ3n) is 3.65. The van der Waals surface area contributed by atoms with Crippen LogP contribution in [0.1, 0.15) is 5.82 Å². The van der Waals surface area contributed by atoms with Gasteiger partial charge in [-0.3, -0.25) is 0 Å². The molecule has 0 bridgehead atoms. The Morgan fingerprint density at radius 2 is 1.83 bits per heavy atom. The molecule has 0 amide bonds. The van der Waals surface area contributed by atoms with Crippen LogP contribution in [-0.4, -0.2) is 24.5 Å². The maximum absolute atomic E-state index is 12.3. The standard InChI is InChI=1S/C16H16ClN3O2S/c1-20-14-8-4-3-7-13(14)19-16(20)10-11-18-23(21,22)15-9-5-2-6-12(15)17/h2-9,18H,10-11H2,1H3. The number of para-hydroxylation sites is 2. The maximum Gasteiger partial charge on any atom is 0.242 e. The Kier molecular flexibility index (Phi) is 4.39. The molecule has 0 aliphatic heterocycles. The molecule has 0 saturated heterocycles. The second-order valence-electron chi connectivity index (χ2n) is 5.15. The summed E-state index contributed by atoms with van der Waals surface area (Å²) < 4.78 is 29.1. The lowest BCUT2D eigenvalue weighted by molar-refractivity contribution is 0.580. The van der Waals surface area contributed by atoms with E-state index in [0.717, 1.165) is 16.9 Å². The van der Waals surface area contributed by atoms with Gasteiger partial charge in [0.15, 0.2) is 0 Å². The van der Waals surface area contributed by atoms with Gasteiger partial charge in [0.1, 0.15) is 10.7 Å². The molecule has 0 fully saturated rings. The summed E-state index contributed by atoms with van der Waals surface area (Å²) in [7, 11) is -1.70. The van der Waals surface area contributed by atoms with E-state index < -0.39 is 10.0 Å². The summed E-state index contributed by atoms with van der Waals surface area (Å²) in [5.74, 6) is 0.827. The molecule has 0 unspecified atom stereocenters. The largest absolute Gasteiger partial charge is 0.331 e. The van der Waals surface area contributed by atoms with E-state index in [1.807, 2.05) is 35.9 Å². The Bertz CT molecular complexity index is 951. The number of aryl methyl sites for hydroxylation is 1. The molecule has 0 aliphatic rings. The van der Waals surface area contributed by atoms with Gasteiger partial charge in [0.2, 0.25) is 10.0 Å². The molecule has 120 valence electrons. The highest BCUT2D eigenvalue weighted by Crippen LogP contribution is 2.20. The molecule has 0 atom stereocenters. The smallest absolute Gasteiger partial charge is 0.242 e. The van der Waals surface area contributed by atoms with Gasteiger partial charge >= 0.3 is 0 Å². The fourth-order valence-corrected chi connectivity index (χ4v) is 4.01. The highest BCUT2D eigenvalue weighted by atomic mass is 35.5. The van der Waals surface area contributed by atoms with Crippen LogP contribution in [0.5, 0.6) is 0 Å². The van der Waals surface area contributed by atoms with Gasteiger partial charge in [0, 0.05) is 20.0 Å². The van der Waals surface area contributed by atoms with Gasteiger partial charge in [-0.15, -0.1) is 0 Å². The first-order valence-electron chi connectivity index (χ1n) is 7.13. The molecular weight excluding hydrogens is 334 g/mol. The molecule has 2 aromatic carbocycles. The molecule has 5 nitrogen and oxygen atoms in total. The predicted octanol–water partition coefficient (Wildman–Crippen LogP) is 2.75. The predicted molar refractivity (Wildman–Crippen MR) is 91.1 cm³/mol. The number of nitrogens with one attached hydrogen (secondary N) is 1. The van der Waals surface area contributed by atoms with E-state index in [0.29, 0.717) is 6.42 Å². The van der Waals surface area contributed by atoms with Crippen LogP contribution in [-0.2, 0) is 23.5 Å². The topological polar surface area (TPSA) is 64.0 Å². The summed E-state index contributed by atoms with van der Waals surface area (Å²) >= 11 is 5.95. The zero-order valence-electron chi connectivity index (χ0n) is 12.5. The second-order valence-corrected chi connectivity index (χ2v) is 7.30. The Hall–Kier alpha value is -1.89. The van der Waals surface area contributed by atoms with E-state index in [2.05, 4.69) is 9.71 Å². The van der Waals surface area contributed by atoms with Crippen molar-refractivity contribution in [1.82, 2.24) is 14.3 Å². The molecule has 0 saturated carbocycles. The highest BCUT2D eigenvalue weighted by molar-refractivity contribution is 7.89. The first-order valence-corrected chi connectivity index (χ1v) is 9.00. The summed E-state index contributed by atoms with van der Waals surface area (Å²) in [6.45, 7) is 0.255. The van der Waals surface area contributed by atoms with E-state index in [9.17, 15) is 8.42 Å². The van der Waals surface area contributed by atoms with Crippen LogP contribution in [0.2, 0.25) is 5.02 Å². The Balaban J connectivity index is 1.74. The number of fused-ring (bicyclic) bond motifs is 1. The van der Waals surface area contributed by atoms with Crippen molar-refractivity contribution in [1.29, 1.82) is 0 Å². The van der Waals surface area contributed by atoms with Crippen molar-refractivity contribution in [2.75, 3.05) is 6.54 Å². The van der Waals surface area contributed by atoms with Gasteiger partial charge in [-0.1, -0.05) is 35.9 Å². The SMILES string of the molecule is Cn1c(CCNS(=O)(=O)c2ccccc2Cl)nc2ccccc21. The molecule has 7 heteroatoms. The van der Waals surface area contributed by atoms with Crippen LogP contribution < -0.4 is 4.72 Å². The number of hydrogen-bond acceptors (Lipinski definition) is 3. The number of sulfonamides is 1. The third-order valence-corrected chi connectivity index (χ3v) is 5.61. The minimum atomic E-state index is -3.62. The van der Waals surface area contributed by atoms with Crippen molar-refractivity contribution in [3.63, 3.8) is 0 Å². The average Bonchev–Trinajstić information content (AvgIpc) is 2.84. The first-order chi connectivity index (χ1) is 11.0. The second kappa shape index (κ2) is 6.31. The molecule has 0 radical (unpaired) electrons. The van der Waals surface area contributed by atoms with E-state index in [1.165, 1.54) is 6.07 Å². The zero-order valence-corrected chi connectivity index (χ0v) is 14.1. The number of rotatable bonds is 5. The van der Waals surface area contributed by atoms with Crippen LogP contribution in [0.4, 0.5) is 0 Å². The summed E-state index contributed by atoms with van der Waals surface area (Å²) in [4.78, 5) is 4.61. The zero-order chi connectivity index (χ0) is 16.4. The number of aromatic nitrogens is 2. The van der Waals surface area contributed by atoms with Crippen molar-refractivity contribution < 1.29 is 8.42 Å². The molecule has 3 rings (SSSR count). The summed E-state index contributed by atoms with van der Waals surface area (Å²) in [6.07, 6.45) is 0.495. The quantitative estimate of drug-likeness (QED) is 0.770. The number of halogens is 1. The molecule has 0 spiro atoms. The average molecular weight is 350 g/mol. The van der Waals surface area contributed by atoms with E-state index in [-0.39, 0.29) is 16.5 Å². The lowest BCUT2D eigenvalue weighted by atomic mass is 10.3. The molecule has 1 N–H and O–H groups in total. The lowest BCUT2D eigenvalue weighted by Gasteiger charge is -2.08. The van der Waals surface area contributed by atoms with Crippen LogP contribution in [0, 0.1) is 0 Å².